The van der Waals surface area contributed by atoms with Crippen molar-refractivity contribution in [3.8, 4) is 0 Å². The molecule has 0 aromatic heterocycles. The third-order valence-electron chi connectivity index (χ3n) is 2.54. The van der Waals surface area contributed by atoms with E-state index in [9.17, 15) is 0 Å². The highest BCUT2D eigenvalue weighted by Crippen LogP contribution is 2.28. The molecular weight excluding hydrogens is 216 g/mol. The zero-order valence-corrected chi connectivity index (χ0v) is 11.3. The topological polar surface area (TPSA) is 15.3 Å². The minimum absolute atomic E-state index is 1.10. The van der Waals surface area contributed by atoms with E-state index in [1.807, 2.05) is 25.6 Å². The Bertz CT molecular complexity index is 296. The predicted molar refractivity (Wildman–Crippen MR) is 74.7 cm³/mol. The summed E-state index contributed by atoms with van der Waals surface area (Å²) < 4.78 is 0. The van der Waals surface area contributed by atoms with Crippen LogP contribution in [-0.4, -0.2) is 32.4 Å². The number of rotatable bonds is 2. The van der Waals surface area contributed by atoms with E-state index in [4.69, 9.17) is 0 Å². The van der Waals surface area contributed by atoms with Gasteiger partial charge in [-0.05, 0) is 18.4 Å². The van der Waals surface area contributed by atoms with Crippen molar-refractivity contribution in [2.45, 2.75) is 18.7 Å². The highest BCUT2D eigenvalue weighted by atomic mass is 32.2. The van der Waals surface area contributed by atoms with Gasteiger partial charge in [-0.15, -0.1) is 11.8 Å². The number of nitrogens with zero attached hydrogens (tertiary/aromatic N) is 1. The van der Waals surface area contributed by atoms with Crippen LogP contribution in [0.1, 0.15) is 13.8 Å². The number of hydrogen-bond acceptors (Lipinski definition) is 3. The molecule has 1 fully saturated rings. The van der Waals surface area contributed by atoms with Crippen molar-refractivity contribution in [2.24, 2.45) is 0 Å². The lowest BCUT2D eigenvalue weighted by Crippen LogP contribution is -2.43. The van der Waals surface area contributed by atoms with E-state index in [0.29, 0.717) is 0 Å². The highest BCUT2D eigenvalue weighted by molar-refractivity contribution is 7.98. The maximum atomic E-state index is 3.37. The molecule has 1 heterocycles. The predicted octanol–water partition coefficient (Wildman–Crippen LogP) is 2.84. The Morgan fingerprint density at radius 1 is 1.12 bits per heavy atom. The van der Waals surface area contributed by atoms with Gasteiger partial charge in [0.1, 0.15) is 0 Å². The summed E-state index contributed by atoms with van der Waals surface area (Å²) in [4.78, 5) is 3.84. The monoisotopic (exact) mass is 238 g/mol. The van der Waals surface area contributed by atoms with Crippen LogP contribution in [0.15, 0.2) is 29.2 Å². The Labute approximate surface area is 103 Å². The molecule has 0 saturated carbocycles. The van der Waals surface area contributed by atoms with Crippen LogP contribution in [0, 0.1) is 0 Å². The Balaban J connectivity index is 0.000000606. The molecule has 1 aliphatic heterocycles. The number of benzene rings is 1. The van der Waals surface area contributed by atoms with Gasteiger partial charge >= 0.3 is 0 Å². The fourth-order valence-electron chi connectivity index (χ4n) is 1.80. The molecule has 0 bridgehead atoms. The summed E-state index contributed by atoms with van der Waals surface area (Å²) in [5, 5.41) is 3.37. The van der Waals surface area contributed by atoms with E-state index in [2.05, 4.69) is 40.7 Å². The van der Waals surface area contributed by atoms with Gasteiger partial charge < -0.3 is 10.2 Å². The average Bonchev–Trinajstić information content (AvgIpc) is 2.42. The number of piperazine rings is 1. The van der Waals surface area contributed by atoms with Crippen molar-refractivity contribution in [1.82, 2.24) is 5.32 Å². The Morgan fingerprint density at radius 3 is 2.38 bits per heavy atom. The molecule has 0 amide bonds. The lowest BCUT2D eigenvalue weighted by molar-refractivity contribution is 0.587. The van der Waals surface area contributed by atoms with Crippen LogP contribution in [0.4, 0.5) is 5.69 Å². The molecule has 1 aromatic rings. The first-order valence-corrected chi connectivity index (χ1v) is 7.23. The summed E-state index contributed by atoms with van der Waals surface area (Å²) in [6.45, 7) is 8.45. The molecule has 2 rings (SSSR count). The summed E-state index contributed by atoms with van der Waals surface area (Å²) in [5.74, 6) is 0. The Hall–Kier alpha value is -0.670. The maximum Gasteiger partial charge on any atom is 0.0505 e. The first kappa shape index (κ1) is 13.4. The summed E-state index contributed by atoms with van der Waals surface area (Å²) in [7, 11) is 0. The fourth-order valence-corrected chi connectivity index (χ4v) is 2.42. The van der Waals surface area contributed by atoms with Crippen LogP contribution in [0.25, 0.3) is 0 Å². The first-order valence-electron chi connectivity index (χ1n) is 6.00. The molecule has 0 spiro atoms. The van der Waals surface area contributed by atoms with Gasteiger partial charge in [-0.25, -0.2) is 0 Å². The van der Waals surface area contributed by atoms with Crippen molar-refractivity contribution in [1.29, 1.82) is 0 Å². The number of anilines is 1. The van der Waals surface area contributed by atoms with E-state index < -0.39 is 0 Å². The van der Waals surface area contributed by atoms with Gasteiger partial charge in [-0.1, -0.05) is 26.0 Å². The fraction of sp³-hybridized carbons (Fsp3) is 0.538. The van der Waals surface area contributed by atoms with Crippen molar-refractivity contribution < 1.29 is 0 Å². The van der Waals surface area contributed by atoms with E-state index >= 15 is 0 Å². The SMILES string of the molecule is CC.CSc1ccccc1N1CCNCC1. The Morgan fingerprint density at radius 2 is 1.75 bits per heavy atom. The van der Waals surface area contributed by atoms with Gasteiger partial charge in [0.05, 0.1) is 5.69 Å². The van der Waals surface area contributed by atoms with Crippen LogP contribution in [-0.2, 0) is 0 Å². The lowest BCUT2D eigenvalue weighted by Gasteiger charge is -2.30. The Kier molecular flexibility index (Phi) is 6.34. The minimum atomic E-state index is 1.10. The molecule has 16 heavy (non-hydrogen) atoms. The molecule has 0 unspecified atom stereocenters. The second kappa shape index (κ2) is 7.58. The van der Waals surface area contributed by atoms with Crippen molar-refractivity contribution in [3.05, 3.63) is 24.3 Å². The summed E-state index contributed by atoms with van der Waals surface area (Å²) in [6, 6.07) is 8.65. The van der Waals surface area contributed by atoms with E-state index in [1.54, 1.807) is 0 Å². The molecule has 0 atom stereocenters. The van der Waals surface area contributed by atoms with Gasteiger partial charge in [0.2, 0.25) is 0 Å². The molecule has 0 radical (unpaired) electrons. The van der Waals surface area contributed by atoms with E-state index in [0.717, 1.165) is 26.2 Å². The normalized spacial score (nSPS) is 15.3. The quantitative estimate of drug-likeness (QED) is 0.798. The summed E-state index contributed by atoms with van der Waals surface area (Å²) in [6.07, 6.45) is 2.14. The largest absolute Gasteiger partial charge is 0.368 e. The van der Waals surface area contributed by atoms with Gasteiger partial charge in [0.25, 0.3) is 0 Å². The van der Waals surface area contributed by atoms with Crippen molar-refractivity contribution in [3.63, 3.8) is 0 Å². The van der Waals surface area contributed by atoms with Crippen LogP contribution in [0.5, 0.6) is 0 Å². The van der Waals surface area contributed by atoms with Gasteiger partial charge in [-0.2, -0.15) is 0 Å². The zero-order chi connectivity index (χ0) is 11.8. The average molecular weight is 238 g/mol. The molecule has 0 aliphatic carbocycles. The number of nitrogens with one attached hydrogen (secondary N) is 1. The van der Waals surface area contributed by atoms with E-state index in [1.165, 1.54) is 10.6 Å². The van der Waals surface area contributed by atoms with Crippen LogP contribution in [0.2, 0.25) is 0 Å². The first-order chi connectivity index (χ1) is 7.92. The minimum Gasteiger partial charge on any atom is -0.368 e. The zero-order valence-electron chi connectivity index (χ0n) is 10.5. The number of thioether (sulfide) groups is 1. The lowest BCUT2D eigenvalue weighted by atomic mass is 10.2. The second-order valence-corrected chi connectivity index (χ2v) is 4.26. The van der Waals surface area contributed by atoms with Crippen molar-refractivity contribution in [2.75, 3.05) is 37.3 Å². The third-order valence-corrected chi connectivity index (χ3v) is 3.33. The number of hydrogen-bond donors (Lipinski definition) is 1. The molecule has 1 saturated heterocycles. The second-order valence-electron chi connectivity index (χ2n) is 3.41. The molecule has 90 valence electrons. The molecule has 1 aliphatic rings. The highest BCUT2D eigenvalue weighted by Gasteiger charge is 2.12. The van der Waals surface area contributed by atoms with Gasteiger partial charge in [-0.3, -0.25) is 0 Å². The van der Waals surface area contributed by atoms with Gasteiger partial charge in [0.15, 0.2) is 0 Å². The smallest absolute Gasteiger partial charge is 0.0505 e. The van der Waals surface area contributed by atoms with Crippen LogP contribution < -0.4 is 10.2 Å². The standard InChI is InChI=1S/C11H16N2S.C2H6/c1-14-11-5-3-2-4-10(11)13-8-6-12-7-9-13;1-2/h2-5,12H,6-9H2,1H3;1-2H3. The van der Waals surface area contributed by atoms with E-state index in [-0.39, 0.29) is 0 Å². The summed E-state index contributed by atoms with van der Waals surface area (Å²) in [5.41, 5.74) is 1.39. The number of para-hydroxylation sites is 1. The van der Waals surface area contributed by atoms with Gasteiger partial charge in [0, 0.05) is 31.1 Å². The molecule has 1 aromatic carbocycles. The molecular formula is C13H22N2S. The van der Waals surface area contributed by atoms with Crippen molar-refractivity contribution >= 4 is 17.4 Å². The maximum absolute atomic E-state index is 3.37. The van der Waals surface area contributed by atoms with Crippen LogP contribution >= 0.6 is 11.8 Å². The summed E-state index contributed by atoms with van der Waals surface area (Å²) >= 11 is 1.83. The molecule has 1 N–H and O–H groups in total. The molecule has 2 nitrogen and oxygen atoms in total. The van der Waals surface area contributed by atoms with Crippen LogP contribution in [0.3, 0.4) is 0 Å². The molecule has 3 heteroatoms. The third kappa shape index (κ3) is 3.42.